The van der Waals surface area contributed by atoms with Crippen LogP contribution in [0.3, 0.4) is 0 Å². The van der Waals surface area contributed by atoms with Crippen LogP contribution >= 0.6 is 0 Å². The highest BCUT2D eigenvalue weighted by molar-refractivity contribution is 5.14. The fourth-order valence-corrected chi connectivity index (χ4v) is 5.20. The summed E-state index contributed by atoms with van der Waals surface area (Å²) in [4.78, 5) is 0. The zero-order chi connectivity index (χ0) is 25.3. The van der Waals surface area contributed by atoms with Gasteiger partial charge in [0.05, 0.1) is 0 Å². The highest BCUT2D eigenvalue weighted by atomic mass is 14.1. The normalized spacial score (nSPS) is 24.0. The Kier molecular flexibility index (Phi) is 16.6. The molecule has 0 heteroatoms. The molecule has 0 aliphatic heterocycles. The van der Waals surface area contributed by atoms with Crippen molar-refractivity contribution in [2.75, 3.05) is 0 Å². The Morgan fingerprint density at radius 3 is 0.559 bits per heavy atom. The third-order valence-electron chi connectivity index (χ3n) is 8.83. The molecule has 4 aliphatic carbocycles. The van der Waals surface area contributed by atoms with E-state index in [0.29, 0.717) is 0 Å². The average molecular weight is 469 g/mol. The summed E-state index contributed by atoms with van der Waals surface area (Å²) in [6.07, 6.45) is 25.1. The first-order chi connectivity index (χ1) is 16.2. The number of rotatable bonds is 0. The van der Waals surface area contributed by atoms with Crippen LogP contribution < -0.4 is 0 Å². The molecule has 0 aromatic rings. The molecule has 0 saturated carbocycles. The Labute approximate surface area is 215 Å². The van der Waals surface area contributed by atoms with Crippen LogP contribution in [0.15, 0.2) is 44.6 Å². The summed E-state index contributed by atoms with van der Waals surface area (Å²) in [6.45, 7) is 18.1. The van der Waals surface area contributed by atoms with Gasteiger partial charge in [0.1, 0.15) is 0 Å². The predicted octanol–water partition coefficient (Wildman–Crippen LogP) is 12.4. The third-order valence-corrected chi connectivity index (χ3v) is 8.83. The highest BCUT2D eigenvalue weighted by Crippen LogP contribution is 2.25. The molecule has 0 bridgehead atoms. The molecule has 0 saturated heterocycles. The first-order valence-corrected chi connectivity index (χ1v) is 14.8. The van der Waals surface area contributed by atoms with Crippen molar-refractivity contribution in [1.82, 2.24) is 0 Å². The standard InChI is InChI=1S/C10H18.C9H16.C8H14.C7H12/c1-9-7-5-3-4-6-8-10(9)2;1-8-6-4-3-5-7-9(8)2;1-7-5-3-4-6-8(7)2;1-6-4-3-5-7(6)2/h3-8H2,1-2H3;3-7H2,1-2H3;3-6H2,1-2H3;3-5H2,1-2H3/b10-9-;;;. The van der Waals surface area contributed by atoms with Crippen LogP contribution in [0.25, 0.3) is 0 Å². The second-order valence-corrected chi connectivity index (χ2v) is 11.8. The molecule has 4 aliphatic rings. The topological polar surface area (TPSA) is 0 Å². The molecule has 0 aromatic carbocycles. The van der Waals surface area contributed by atoms with Gasteiger partial charge in [-0.15, -0.1) is 0 Å². The van der Waals surface area contributed by atoms with Crippen LogP contribution in [0.5, 0.6) is 0 Å². The average Bonchev–Trinajstić information content (AvgIpc) is 3.08. The van der Waals surface area contributed by atoms with Gasteiger partial charge in [0.2, 0.25) is 0 Å². The predicted molar refractivity (Wildman–Crippen MR) is 157 cm³/mol. The van der Waals surface area contributed by atoms with Crippen molar-refractivity contribution in [3.63, 3.8) is 0 Å². The van der Waals surface area contributed by atoms with Crippen LogP contribution in [0, 0.1) is 0 Å². The van der Waals surface area contributed by atoms with E-state index >= 15 is 0 Å². The first kappa shape index (κ1) is 31.0. The lowest BCUT2D eigenvalue weighted by atomic mass is 9.94. The van der Waals surface area contributed by atoms with Crippen LogP contribution in [-0.2, 0) is 0 Å². The van der Waals surface area contributed by atoms with Crippen molar-refractivity contribution in [2.45, 2.75) is 171 Å². The van der Waals surface area contributed by atoms with Gasteiger partial charge in [0.15, 0.2) is 0 Å². The van der Waals surface area contributed by atoms with Crippen LogP contribution in [0.2, 0.25) is 0 Å². The Balaban J connectivity index is 0.000000228. The quantitative estimate of drug-likeness (QED) is 0.310. The summed E-state index contributed by atoms with van der Waals surface area (Å²) < 4.78 is 0. The molecular weight excluding hydrogens is 408 g/mol. The second kappa shape index (κ2) is 18.3. The molecule has 0 spiro atoms. The second-order valence-electron chi connectivity index (χ2n) is 11.8. The van der Waals surface area contributed by atoms with Crippen molar-refractivity contribution in [3.8, 4) is 0 Å². The molecule has 196 valence electrons. The summed E-state index contributed by atoms with van der Waals surface area (Å²) >= 11 is 0. The molecule has 0 unspecified atom stereocenters. The van der Waals surface area contributed by atoms with Crippen molar-refractivity contribution in [3.05, 3.63) is 44.6 Å². The van der Waals surface area contributed by atoms with Crippen molar-refractivity contribution < 1.29 is 0 Å². The van der Waals surface area contributed by atoms with E-state index in [4.69, 9.17) is 0 Å². The van der Waals surface area contributed by atoms with Crippen LogP contribution in [0.1, 0.15) is 171 Å². The molecule has 4 rings (SSSR count). The maximum atomic E-state index is 2.29. The Morgan fingerprint density at radius 2 is 0.353 bits per heavy atom. The molecule has 0 heterocycles. The van der Waals surface area contributed by atoms with Crippen LogP contribution in [-0.4, -0.2) is 0 Å². The molecule has 0 fully saturated rings. The third kappa shape index (κ3) is 13.7. The van der Waals surface area contributed by atoms with E-state index in [1.54, 1.807) is 44.6 Å². The summed E-state index contributed by atoms with van der Waals surface area (Å²) in [5, 5.41) is 0. The molecule has 0 radical (unpaired) electrons. The van der Waals surface area contributed by atoms with E-state index in [-0.39, 0.29) is 0 Å². The zero-order valence-electron chi connectivity index (χ0n) is 24.7. The highest BCUT2D eigenvalue weighted by Gasteiger charge is 2.05. The maximum absolute atomic E-state index is 2.29. The van der Waals surface area contributed by atoms with Gasteiger partial charge in [0, 0.05) is 0 Å². The van der Waals surface area contributed by atoms with Gasteiger partial charge in [-0.05, 0) is 152 Å². The first-order valence-electron chi connectivity index (χ1n) is 14.8. The molecule has 0 nitrogen and oxygen atoms in total. The van der Waals surface area contributed by atoms with Crippen molar-refractivity contribution in [1.29, 1.82) is 0 Å². The lowest BCUT2D eigenvalue weighted by Crippen LogP contribution is -1.92. The van der Waals surface area contributed by atoms with Gasteiger partial charge >= 0.3 is 0 Å². The van der Waals surface area contributed by atoms with E-state index in [0.717, 1.165) is 0 Å². The minimum Gasteiger partial charge on any atom is -0.0744 e. The minimum atomic E-state index is 1.35. The van der Waals surface area contributed by atoms with E-state index in [1.165, 1.54) is 116 Å². The zero-order valence-corrected chi connectivity index (χ0v) is 24.7. The smallest absolute Gasteiger partial charge is 0.0317 e. The van der Waals surface area contributed by atoms with E-state index in [1.807, 2.05) is 0 Å². The molecule has 34 heavy (non-hydrogen) atoms. The monoisotopic (exact) mass is 468 g/mol. The van der Waals surface area contributed by atoms with Gasteiger partial charge in [0.25, 0.3) is 0 Å². The molecule has 0 aromatic heterocycles. The molecular formula is C34H60. The largest absolute Gasteiger partial charge is 0.0744 e. The van der Waals surface area contributed by atoms with E-state index in [2.05, 4.69) is 55.4 Å². The summed E-state index contributed by atoms with van der Waals surface area (Å²) in [5.41, 5.74) is 13.1. The van der Waals surface area contributed by atoms with Gasteiger partial charge < -0.3 is 0 Å². The van der Waals surface area contributed by atoms with E-state index in [9.17, 15) is 0 Å². The minimum absolute atomic E-state index is 1.35. The number of allylic oxidation sites excluding steroid dienone is 8. The Hall–Kier alpha value is -1.04. The lowest BCUT2D eigenvalue weighted by molar-refractivity contribution is 0.611. The Morgan fingerprint density at radius 1 is 0.206 bits per heavy atom. The molecule has 0 amide bonds. The van der Waals surface area contributed by atoms with Gasteiger partial charge in [-0.3, -0.25) is 0 Å². The fourth-order valence-electron chi connectivity index (χ4n) is 5.20. The number of hydrogen-bond acceptors (Lipinski definition) is 0. The fraction of sp³-hybridized carbons (Fsp3) is 0.765. The summed E-state index contributed by atoms with van der Waals surface area (Å²) in [7, 11) is 0. The molecule has 0 N–H and O–H groups in total. The SMILES string of the molecule is C/C1=C(\C)CCCCCC1.CC1=C(C)CCC1.CC1=C(C)CCCC1.CC1=C(C)CCCCC1. The van der Waals surface area contributed by atoms with Crippen LogP contribution in [0.4, 0.5) is 0 Å². The Bertz CT molecular complexity index is 650. The number of hydrogen-bond donors (Lipinski definition) is 0. The molecule has 0 atom stereocenters. The van der Waals surface area contributed by atoms with Gasteiger partial charge in [-0.25, -0.2) is 0 Å². The van der Waals surface area contributed by atoms with Gasteiger partial charge in [-0.1, -0.05) is 63.8 Å². The summed E-state index contributed by atoms with van der Waals surface area (Å²) in [6, 6.07) is 0. The van der Waals surface area contributed by atoms with E-state index < -0.39 is 0 Å². The van der Waals surface area contributed by atoms with Gasteiger partial charge in [-0.2, -0.15) is 0 Å². The van der Waals surface area contributed by atoms with Crippen molar-refractivity contribution >= 4 is 0 Å². The lowest BCUT2D eigenvalue weighted by Gasteiger charge is -2.12. The maximum Gasteiger partial charge on any atom is -0.0317 e. The summed E-state index contributed by atoms with van der Waals surface area (Å²) in [5.74, 6) is 0. The van der Waals surface area contributed by atoms with Crippen molar-refractivity contribution in [2.24, 2.45) is 0 Å².